The average Bonchev–Trinajstić information content (AvgIpc) is 2.69. The van der Waals surface area contributed by atoms with Gasteiger partial charge in [0.05, 0.1) is 22.8 Å². The van der Waals surface area contributed by atoms with Crippen molar-refractivity contribution in [3.8, 4) is 5.69 Å². The second-order valence-electron chi connectivity index (χ2n) is 5.85. The van der Waals surface area contributed by atoms with E-state index in [1.54, 1.807) is 12.3 Å². The van der Waals surface area contributed by atoms with Gasteiger partial charge in [0.15, 0.2) is 0 Å². The van der Waals surface area contributed by atoms with Gasteiger partial charge in [-0.25, -0.2) is 15.0 Å². The Hall–Kier alpha value is -3.25. The summed E-state index contributed by atoms with van der Waals surface area (Å²) in [7, 11) is 0. The summed E-state index contributed by atoms with van der Waals surface area (Å²) in [6, 6.07) is 24.4. The molecule has 132 valence electrons. The predicted octanol–water partition coefficient (Wildman–Crippen LogP) is 4.59. The summed E-state index contributed by atoms with van der Waals surface area (Å²) < 4.78 is 2.50. The lowest BCUT2D eigenvalue weighted by atomic mass is 10.2. The van der Waals surface area contributed by atoms with Crippen molar-refractivity contribution < 1.29 is 0 Å². The minimum Gasteiger partial charge on any atom is -0.268 e. The molecule has 0 amide bonds. The Morgan fingerprint density at radius 2 is 1.74 bits per heavy atom. The van der Waals surface area contributed by atoms with Crippen LogP contribution in [0.15, 0.2) is 93.2 Å². The maximum absolute atomic E-state index is 13.1. The maximum atomic E-state index is 13.1. The van der Waals surface area contributed by atoms with E-state index in [0.717, 1.165) is 15.7 Å². The summed E-state index contributed by atoms with van der Waals surface area (Å²) in [5, 5.41) is 4.83. The molecular formula is C21H15BrN4O. The number of nitrogens with zero attached hydrogens (tertiary/aromatic N) is 3. The molecule has 4 aromatic rings. The molecule has 4 rings (SSSR count). The molecule has 6 heteroatoms. The highest BCUT2D eigenvalue weighted by atomic mass is 79.9. The molecule has 0 aliphatic rings. The number of para-hydroxylation sites is 2. The molecule has 0 saturated heterocycles. The van der Waals surface area contributed by atoms with Crippen LogP contribution in [0.2, 0.25) is 0 Å². The van der Waals surface area contributed by atoms with E-state index in [1.807, 2.05) is 72.8 Å². The van der Waals surface area contributed by atoms with Gasteiger partial charge in [-0.05, 0) is 42.0 Å². The van der Waals surface area contributed by atoms with Gasteiger partial charge in [0.1, 0.15) is 0 Å². The number of aromatic nitrogens is 2. The third-order valence-electron chi connectivity index (χ3n) is 4.02. The minimum absolute atomic E-state index is 0.146. The van der Waals surface area contributed by atoms with Gasteiger partial charge >= 0.3 is 0 Å². The minimum atomic E-state index is -0.146. The third-order valence-corrected chi connectivity index (χ3v) is 4.51. The number of fused-ring (bicyclic) bond motifs is 1. The van der Waals surface area contributed by atoms with Crippen LogP contribution in [-0.4, -0.2) is 15.8 Å². The smallest absolute Gasteiger partial charge is 0.267 e. The molecule has 1 heterocycles. The second-order valence-corrected chi connectivity index (χ2v) is 6.77. The lowest BCUT2D eigenvalue weighted by Gasteiger charge is -2.12. The summed E-state index contributed by atoms with van der Waals surface area (Å²) in [6.45, 7) is 0. The van der Waals surface area contributed by atoms with Crippen LogP contribution in [0, 0.1) is 0 Å². The van der Waals surface area contributed by atoms with Crippen LogP contribution in [0.3, 0.4) is 0 Å². The molecular weight excluding hydrogens is 404 g/mol. The van der Waals surface area contributed by atoms with Crippen molar-refractivity contribution in [1.82, 2.24) is 9.55 Å². The van der Waals surface area contributed by atoms with Crippen LogP contribution in [0.4, 0.5) is 5.95 Å². The van der Waals surface area contributed by atoms with Crippen molar-refractivity contribution in [2.75, 3.05) is 5.43 Å². The molecule has 0 spiro atoms. The largest absolute Gasteiger partial charge is 0.268 e. The van der Waals surface area contributed by atoms with E-state index in [-0.39, 0.29) is 5.56 Å². The molecule has 0 aliphatic heterocycles. The standard InChI is InChI=1S/C21H15BrN4O/c22-16-8-6-7-15(13-16)14-23-25-21-24-19-12-5-4-11-18(19)20(27)26(21)17-9-2-1-3-10-17/h1-14H,(H,24,25). The zero-order chi connectivity index (χ0) is 18.6. The molecule has 0 saturated carbocycles. The van der Waals surface area contributed by atoms with Gasteiger partial charge in [0, 0.05) is 4.47 Å². The first-order valence-corrected chi connectivity index (χ1v) is 9.13. The van der Waals surface area contributed by atoms with Gasteiger partial charge in [-0.2, -0.15) is 5.10 Å². The summed E-state index contributed by atoms with van der Waals surface area (Å²) in [6.07, 6.45) is 1.68. The van der Waals surface area contributed by atoms with E-state index < -0.39 is 0 Å². The fourth-order valence-electron chi connectivity index (χ4n) is 2.78. The van der Waals surface area contributed by atoms with Gasteiger partial charge in [0.25, 0.3) is 5.56 Å². The number of benzene rings is 3. The normalized spacial score (nSPS) is 11.1. The highest BCUT2D eigenvalue weighted by molar-refractivity contribution is 9.10. The van der Waals surface area contributed by atoms with Crippen LogP contribution in [-0.2, 0) is 0 Å². The van der Waals surface area contributed by atoms with E-state index in [0.29, 0.717) is 16.9 Å². The van der Waals surface area contributed by atoms with Crippen molar-refractivity contribution >= 4 is 39.0 Å². The number of rotatable bonds is 4. The average molecular weight is 419 g/mol. The van der Waals surface area contributed by atoms with Crippen molar-refractivity contribution in [1.29, 1.82) is 0 Å². The molecule has 1 N–H and O–H groups in total. The van der Waals surface area contributed by atoms with E-state index >= 15 is 0 Å². The molecule has 0 unspecified atom stereocenters. The second kappa shape index (κ2) is 7.55. The number of hydrazone groups is 1. The van der Waals surface area contributed by atoms with E-state index in [4.69, 9.17) is 0 Å². The Morgan fingerprint density at radius 3 is 2.56 bits per heavy atom. The van der Waals surface area contributed by atoms with Gasteiger partial charge in [-0.1, -0.05) is 58.4 Å². The predicted molar refractivity (Wildman–Crippen MR) is 113 cm³/mol. The van der Waals surface area contributed by atoms with Crippen molar-refractivity contribution in [3.63, 3.8) is 0 Å². The molecule has 0 aliphatic carbocycles. The van der Waals surface area contributed by atoms with Crippen molar-refractivity contribution in [2.24, 2.45) is 5.10 Å². The molecule has 0 atom stereocenters. The molecule has 5 nitrogen and oxygen atoms in total. The van der Waals surface area contributed by atoms with Crippen LogP contribution < -0.4 is 11.0 Å². The quantitative estimate of drug-likeness (QED) is 0.389. The maximum Gasteiger partial charge on any atom is 0.267 e. The molecule has 0 bridgehead atoms. The van der Waals surface area contributed by atoms with Crippen molar-refractivity contribution in [2.45, 2.75) is 0 Å². The number of nitrogens with one attached hydrogen (secondary N) is 1. The summed E-state index contributed by atoms with van der Waals surface area (Å²) in [5.41, 5.74) is 5.04. The van der Waals surface area contributed by atoms with E-state index in [2.05, 4.69) is 31.4 Å². The first kappa shape index (κ1) is 17.2. The van der Waals surface area contributed by atoms with Gasteiger partial charge in [0.2, 0.25) is 5.95 Å². The highest BCUT2D eigenvalue weighted by Crippen LogP contribution is 2.16. The topological polar surface area (TPSA) is 59.3 Å². The number of anilines is 1. The Balaban J connectivity index is 1.80. The Labute approximate surface area is 164 Å². The van der Waals surface area contributed by atoms with E-state index in [1.165, 1.54) is 4.57 Å². The Morgan fingerprint density at radius 1 is 0.963 bits per heavy atom. The lowest BCUT2D eigenvalue weighted by molar-refractivity contribution is 0.956. The SMILES string of the molecule is O=c1c2ccccc2nc(NN=Cc2cccc(Br)c2)n1-c1ccccc1. The van der Waals surface area contributed by atoms with Gasteiger partial charge in [-0.15, -0.1) is 0 Å². The van der Waals surface area contributed by atoms with Crippen molar-refractivity contribution in [3.05, 3.63) is 99.3 Å². The summed E-state index contributed by atoms with van der Waals surface area (Å²) >= 11 is 3.44. The zero-order valence-corrected chi connectivity index (χ0v) is 15.8. The van der Waals surface area contributed by atoms with Gasteiger partial charge < -0.3 is 0 Å². The third kappa shape index (κ3) is 3.66. The molecule has 27 heavy (non-hydrogen) atoms. The summed E-state index contributed by atoms with van der Waals surface area (Å²) in [5.74, 6) is 0.358. The first-order valence-electron chi connectivity index (χ1n) is 8.34. The molecule has 1 aromatic heterocycles. The monoisotopic (exact) mass is 418 g/mol. The number of hydrogen-bond acceptors (Lipinski definition) is 4. The first-order chi connectivity index (χ1) is 13.2. The fourth-order valence-corrected chi connectivity index (χ4v) is 3.19. The van der Waals surface area contributed by atoms with Crippen LogP contribution in [0.25, 0.3) is 16.6 Å². The van der Waals surface area contributed by atoms with E-state index in [9.17, 15) is 4.79 Å². The Bertz CT molecular complexity index is 1190. The van der Waals surface area contributed by atoms with Crippen LogP contribution in [0.5, 0.6) is 0 Å². The van der Waals surface area contributed by atoms with Gasteiger partial charge in [-0.3, -0.25) is 4.79 Å². The fraction of sp³-hybridized carbons (Fsp3) is 0. The lowest BCUT2D eigenvalue weighted by Crippen LogP contribution is -2.22. The molecule has 0 fully saturated rings. The van der Waals surface area contributed by atoms with Crippen LogP contribution in [0.1, 0.15) is 5.56 Å². The number of hydrogen-bond donors (Lipinski definition) is 1. The Kier molecular flexibility index (Phi) is 4.80. The zero-order valence-electron chi connectivity index (χ0n) is 14.2. The molecule has 3 aromatic carbocycles. The highest BCUT2D eigenvalue weighted by Gasteiger charge is 2.11. The summed E-state index contributed by atoms with van der Waals surface area (Å²) in [4.78, 5) is 17.6. The van der Waals surface area contributed by atoms with Crippen LogP contribution >= 0.6 is 15.9 Å². The molecule has 0 radical (unpaired) electrons. The number of halogens is 1.